The predicted octanol–water partition coefficient (Wildman–Crippen LogP) is 21.4. The quantitative estimate of drug-likeness (QED) is 0.0222. The van der Waals surface area contributed by atoms with Gasteiger partial charge in [-0.15, -0.1) is 0 Å². The van der Waals surface area contributed by atoms with Gasteiger partial charge in [0.2, 0.25) is 0 Å². The van der Waals surface area contributed by atoms with E-state index in [2.05, 4.69) is 27.7 Å². The molecule has 0 heterocycles. The van der Waals surface area contributed by atoms with E-state index in [1.165, 1.54) is 218 Å². The summed E-state index contributed by atoms with van der Waals surface area (Å²) in [4.78, 5) is 72.7. The molecule has 0 bridgehead atoms. The zero-order valence-electron chi connectivity index (χ0n) is 59.5. The van der Waals surface area contributed by atoms with Crippen molar-refractivity contribution in [3.05, 3.63) is 0 Å². The summed E-state index contributed by atoms with van der Waals surface area (Å²) in [7, 11) is -9.90. The third-order valence-corrected chi connectivity index (χ3v) is 19.0. The van der Waals surface area contributed by atoms with Crippen LogP contribution in [0.4, 0.5) is 0 Å². The van der Waals surface area contributed by atoms with Crippen LogP contribution in [0.3, 0.4) is 0 Å². The first kappa shape index (κ1) is 90.1. The minimum Gasteiger partial charge on any atom is -0.462 e. The van der Waals surface area contributed by atoms with Gasteiger partial charge in [0.15, 0.2) is 12.2 Å². The first-order valence-electron chi connectivity index (χ1n) is 38.3. The molecule has 92 heavy (non-hydrogen) atoms. The smallest absolute Gasteiger partial charge is 0.462 e. The third-order valence-electron chi connectivity index (χ3n) is 17.1. The van der Waals surface area contributed by atoms with E-state index in [0.29, 0.717) is 25.7 Å². The molecule has 3 N–H and O–H groups in total. The molecule has 0 aliphatic heterocycles. The number of phosphoric ester groups is 2. The first-order chi connectivity index (χ1) is 44.7. The van der Waals surface area contributed by atoms with E-state index >= 15 is 0 Å². The van der Waals surface area contributed by atoms with Gasteiger partial charge in [-0.3, -0.25) is 37.3 Å². The molecule has 2 unspecified atom stereocenters. The average molecular weight is 1350 g/mol. The number of hydrogen-bond acceptors (Lipinski definition) is 15. The Labute approximate surface area is 562 Å². The lowest BCUT2D eigenvalue weighted by atomic mass is 10.0. The van der Waals surface area contributed by atoms with Crippen LogP contribution in [0.5, 0.6) is 0 Å². The highest BCUT2D eigenvalue weighted by Gasteiger charge is 2.30. The van der Waals surface area contributed by atoms with Crippen molar-refractivity contribution in [3.63, 3.8) is 0 Å². The van der Waals surface area contributed by atoms with Crippen molar-refractivity contribution in [1.82, 2.24) is 0 Å². The van der Waals surface area contributed by atoms with Crippen LogP contribution in [-0.4, -0.2) is 96.7 Å². The van der Waals surface area contributed by atoms with Crippen molar-refractivity contribution >= 4 is 39.5 Å². The molecule has 5 atom stereocenters. The Morgan fingerprint density at radius 2 is 0.435 bits per heavy atom. The molecule has 0 spiro atoms. The maximum Gasteiger partial charge on any atom is 0.472 e. The molecule has 0 aliphatic carbocycles. The number of aliphatic hydroxyl groups is 1. The number of rotatable bonds is 74. The zero-order valence-corrected chi connectivity index (χ0v) is 61.3. The highest BCUT2D eigenvalue weighted by Crippen LogP contribution is 2.45. The van der Waals surface area contributed by atoms with Crippen LogP contribution >= 0.6 is 15.6 Å². The SMILES string of the molecule is CCCCCCCCCCCCCCCCCCC(=O)O[C@H](COC(=O)CCCCCCCCCCCCCCCC)COP(=O)(O)OC[C@@H](O)COP(=O)(O)OC[C@@H](COC(=O)CCCCCCCCCCCC)OC(=O)CCCCCCCCCCCCCC. The first-order valence-corrected chi connectivity index (χ1v) is 41.3. The van der Waals surface area contributed by atoms with Gasteiger partial charge in [-0.1, -0.05) is 336 Å². The van der Waals surface area contributed by atoms with Crippen LogP contribution in [0.15, 0.2) is 0 Å². The lowest BCUT2D eigenvalue weighted by Gasteiger charge is -2.21. The van der Waals surface area contributed by atoms with Gasteiger partial charge in [-0.25, -0.2) is 9.13 Å². The maximum absolute atomic E-state index is 13.1. The van der Waals surface area contributed by atoms with Gasteiger partial charge >= 0.3 is 39.5 Å². The Morgan fingerprint density at radius 1 is 0.261 bits per heavy atom. The second-order valence-electron chi connectivity index (χ2n) is 26.3. The Kier molecular flexibility index (Phi) is 66.2. The normalized spacial score (nSPS) is 13.9. The second-order valence-corrected chi connectivity index (χ2v) is 29.2. The molecule has 0 amide bonds. The summed E-state index contributed by atoms with van der Waals surface area (Å²) in [6.45, 7) is 4.97. The van der Waals surface area contributed by atoms with Crippen molar-refractivity contribution in [2.24, 2.45) is 0 Å². The zero-order chi connectivity index (χ0) is 67.5. The average Bonchev–Trinajstić information content (AvgIpc) is 3.69. The molecule has 0 rings (SSSR count). The van der Waals surface area contributed by atoms with Crippen LogP contribution in [0.25, 0.3) is 0 Å². The van der Waals surface area contributed by atoms with Gasteiger partial charge in [-0.2, -0.15) is 0 Å². The second kappa shape index (κ2) is 67.6. The lowest BCUT2D eigenvalue weighted by Crippen LogP contribution is -2.30. The van der Waals surface area contributed by atoms with E-state index in [0.717, 1.165) is 89.9 Å². The molecule has 0 aromatic heterocycles. The molecule has 0 saturated heterocycles. The van der Waals surface area contributed by atoms with Crippen molar-refractivity contribution in [1.29, 1.82) is 0 Å². The van der Waals surface area contributed by atoms with Gasteiger partial charge in [0.25, 0.3) is 0 Å². The summed E-state index contributed by atoms with van der Waals surface area (Å²) in [6.07, 6.45) is 56.6. The largest absolute Gasteiger partial charge is 0.472 e. The molecule has 546 valence electrons. The van der Waals surface area contributed by atoms with Crippen molar-refractivity contribution in [2.75, 3.05) is 39.6 Å². The minimum atomic E-state index is -4.95. The fourth-order valence-electron chi connectivity index (χ4n) is 11.2. The highest BCUT2D eigenvalue weighted by atomic mass is 31.2. The van der Waals surface area contributed by atoms with Crippen LogP contribution in [0, 0.1) is 0 Å². The molecule has 0 aromatic carbocycles. The number of esters is 4. The van der Waals surface area contributed by atoms with Crippen LogP contribution in [-0.2, 0) is 65.4 Å². The molecule has 0 radical (unpaired) electrons. The number of hydrogen-bond donors (Lipinski definition) is 3. The van der Waals surface area contributed by atoms with Gasteiger partial charge < -0.3 is 33.8 Å². The molecule has 0 saturated carbocycles. The summed E-state index contributed by atoms with van der Waals surface area (Å²) in [5, 5.41) is 10.6. The minimum absolute atomic E-state index is 0.108. The summed E-state index contributed by atoms with van der Waals surface area (Å²) in [5.74, 6) is -2.11. The van der Waals surface area contributed by atoms with E-state index in [1.54, 1.807) is 0 Å². The van der Waals surface area contributed by atoms with Crippen molar-refractivity contribution < 1.29 is 80.2 Å². The molecule has 19 heteroatoms. The molecular formula is C73H142O17P2. The van der Waals surface area contributed by atoms with Crippen molar-refractivity contribution in [3.8, 4) is 0 Å². The fraction of sp³-hybridized carbons (Fsp3) is 0.945. The topological polar surface area (TPSA) is 237 Å². The van der Waals surface area contributed by atoms with Gasteiger partial charge in [-0.05, 0) is 25.7 Å². The van der Waals surface area contributed by atoms with Crippen LogP contribution in [0.2, 0.25) is 0 Å². The van der Waals surface area contributed by atoms with E-state index in [4.69, 9.17) is 37.0 Å². The Balaban J connectivity index is 5.24. The number of unbranched alkanes of at least 4 members (excludes halogenated alkanes) is 48. The maximum atomic E-state index is 13.1. The standard InChI is InChI=1S/C73H142O17P2/c1-5-9-13-17-21-25-29-32-34-35-37-40-44-48-52-56-60-73(78)90-69(64-84-71(76)58-54-50-46-42-39-36-33-30-26-22-18-14-10-6-2)66-88-92(81,82)86-62-67(74)61-85-91(79,80)87-65-68(63-83-70(75)57-53-49-45-41-28-24-20-16-12-8-4)89-72(77)59-55-51-47-43-38-31-27-23-19-15-11-7-3/h67-69,74H,5-66H2,1-4H3,(H,79,80)(H,81,82)/t67-,68+,69+/m0/s1. The van der Waals surface area contributed by atoms with E-state index in [1.807, 2.05) is 0 Å². The third kappa shape index (κ3) is 66.7. The van der Waals surface area contributed by atoms with Crippen LogP contribution < -0.4 is 0 Å². The Bertz CT molecular complexity index is 1760. The molecule has 0 fully saturated rings. The lowest BCUT2D eigenvalue weighted by molar-refractivity contribution is -0.161. The summed E-state index contributed by atoms with van der Waals surface area (Å²) in [6, 6.07) is 0. The molecular weight excluding hydrogens is 1210 g/mol. The van der Waals surface area contributed by atoms with Crippen LogP contribution in [0.1, 0.15) is 387 Å². The van der Waals surface area contributed by atoms with E-state index in [9.17, 15) is 43.2 Å². The number of phosphoric acid groups is 2. The van der Waals surface area contributed by atoms with E-state index in [-0.39, 0.29) is 25.7 Å². The Morgan fingerprint density at radius 3 is 0.641 bits per heavy atom. The molecule has 0 aromatic rings. The monoisotopic (exact) mass is 1350 g/mol. The number of carbonyl (C=O) groups is 4. The molecule has 17 nitrogen and oxygen atoms in total. The Hall–Kier alpha value is -1.94. The fourth-order valence-corrected chi connectivity index (χ4v) is 12.8. The van der Waals surface area contributed by atoms with Gasteiger partial charge in [0.05, 0.1) is 26.4 Å². The van der Waals surface area contributed by atoms with Crippen molar-refractivity contribution in [2.45, 2.75) is 406 Å². The molecule has 0 aliphatic rings. The summed E-state index contributed by atoms with van der Waals surface area (Å²) in [5.41, 5.74) is 0. The van der Waals surface area contributed by atoms with Gasteiger partial charge in [0, 0.05) is 25.7 Å². The van der Waals surface area contributed by atoms with Gasteiger partial charge in [0.1, 0.15) is 19.3 Å². The summed E-state index contributed by atoms with van der Waals surface area (Å²) < 4.78 is 68.4. The van der Waals surface area contributed by atoms with E-state index < -0.39 is 97.5 Å². The number of ether oxygens (including phenoxy) is 4. The highest BCUT2D eigenvalue weighted by molar-refractivity contribution is 7.47. The predicted molar refractivity (Wildman–Crippen MR) is 372 cm³/mol. The number of carbonyl (C=O) groups excluding carboxylic acids is 4. The summed E-state index contributed by atoms with van der Waals surface area (Å²) >= 11 is 0. The number of aliphatic hydroxyl groups excluding tert-OH is 1.